The molecular formula is C12H15F2N3O4. The zero-order valence-electron chi connectivity index (χ0n) is 11.0. The minimum absolute atomic E-state index is 0.197. The number of aliphatic hydroxyl groups is 2. The molecule has 9 heteroatoms. The number of ether oxygens (including phenoxy) is 1. The number of halogens is 2. The molecule has 0 unspecified atom stereocenters. The standard InChI is InChI=1S/C12H15F2N3O4/c13-7-3-17(10(20)16-8(7)15)12(14)5-21-11(4-18,9(12)19)6-1-2-6/h3,6,9,18-19H,1-2,4-5H2,(H2,15,16,20)/t9-,11+,12-/m1/s1. The van der Waals surface area contributed by atoms with Crippen LogP contribution in [-0.2, 0) is 10.5 Å². The van der Waals surface area contributed by atoms with Crippen LogP contribution < -0.4 is 11.4 Å². The second-order valence-electron chi connectivity index (χ2n) is 5.52. The summed E-state index contributed by atoms with van der Waals surface area (Å²) in [6.07, 6.45) is 0.0934. The number of aromatic nitrogens is 2. The first-order chi connectivity index (χ1) is 9.85. The molecule has 3 atom stereocenters. The zero-order valence-corrected chi connectivity index (χ0v) is 11.0. The number of nitrogens with two attached hydrogens (primary N) is 1. The van der Waals surface area contributed by atoms with Gasteiger partial charge in [-0.15, -0.1) is 0 Å². The highest BCUT2D eigenvalue weighted by atomic mass is 19.1. The van der Waals surface area contributed by atoms with Crippen LogP contribution in [0.1, 0.15) is 12.8 Å². The van der Waals surface area contributed by atoms with E-state index < -0.39 is 48.0 Å². The Morgan fingerprint density at radius 2 is 2.24 bits per heavy atom. The average Bonchev–Trinajstić information content (AvgIpc) is 3.25. The molecule has 0 spiro atoms. The number of aliphatic hydroxyl groups excluding tert-OH is 2. The lowest BCUT2D eigenvalue weighted by Crippen LogP contribution is -2.55. The van der Waals surface area contributed by atoms with E-state index in [1.165, 1.54) is 0 Å². The van der Waals surface area contributed by atoms with Gasteiger partial charge >= 0.3 is 5.69 Å². The Bertz CT molecular complexity index is 635. The molecule has 2 fully saturated rings. The number of hydrogen-bond acceptors (Lipinski definition) is 6. The SMILES string of the molecule is Nc1nc(=O)n([C@]2(F)CO[C@@](CO)(C3CC3)[C@H]2O)cc1F. The lowest BCUT2D eigenvalue weighted by molar-refractivity contribution is -0.120. The maximum Gasteiger partial charge on any atom is 0.352 e. The van der Waals surface area contributed by atoms with Crippen molar-refractivity contribution in [2.75, 3.05) is 18.9 Å². The minimum Gasteiger partial charge on any atom is -0.393 e. The summed E-state index contributed by atoms with van der Waals surface area (Å²) in [5.41, 5.74) is 2.53. The van der Waals surface area contributed by atoms with Gasteiger partial charge in [0.15, 0.2) is 11.6 Å². The van der Waals surface area contributed by atoms with Crippen molar-refractivity contribution in [3.8, 4) is 0 Å². The van der Waals surface area contributed by atoms with Crippen molar-refractivity contribution in [1.29, 1.82) is 0 Å². The van der Waals surface area contributed by atoms with Crippen molar-refractivity contribution in [1.82, 2.24) is 9.55 Å². The summed E-state index contributed by atoms with van der Waals surface area (Å²) in [6, 6.07) is 0. The summed E-state index contributed by atoms with van der Waals surface area (Å²) in [5, 5.41) is 19.8. The van der Waals surface area contributed by atoms with E-state index in [1.807, 2.05) is 0 Å². The van der Waals surface area contributed by atoms with Crippen molar-refractivity contribution in [3.63, 3.8) is 0 Å². The Morgan fingerprint density at radius 1 is 1.57 bits per heavy atom. The van der Waals surface area contributed by atoms with Gasteiger partial charge in [-0.3, -0.25) is 4.57 Å². The molecule has 0 bridgehead atoms. The fraction of sp³-hybridized carbons (Fsp3) is 0.667. The van der Waals surface area contributed by atoms with Gasteiger partial charge in [-0.05, 0) is 18.8 Å². The number of alkyl halides is 1. The molecule has 0 radical (unpaired) electrons. The van der Waals surface area contributed by atoms with Crippen molar-refractivity contribution in [2.24, 2.45) is 5.92 Å². The molecule has 2 aliphatic rings. The summed E-state index contributed by atoms with van der Waals surface area (Å²) in [5.74, 6) is -4.63. The number of anilines is 1. The lowest BCUT2D eigenvalue weighted by Gasteiger charge is -2.33. The number of hydrogen-bond donors (Lipinski definition) is 3. The maximum atomic E-state index is 15.1. The van der Waals surface area contributed by atoms with Crippen LogP contribution >= 0.6 is 0 Å². The van der Waals surface area contributed by atoms with E-state index in [0.29, 0.717) is 23.6 Å². The van der Waals surface area contributed by atoms with Crippen LogP contribution in [0.5, 0.6) is 0 Å². The molecule has 1 saturated heterocycles. The third-order valence-corrected chi connectivity index (χ3v) is 4.25. The topological polar surface area (TPSA) is 111 Å². The molecule has 7 nitrogen and oxygen atoms in total. The summed E-state index contributed by atoms with van der Waals surface area (Å²) < 4.78 is 34.2. The largest absolute Gasteiger partial charge is 0.393 e. The first kappa shape index (κ1) is 14.4. The molecule has 0 aromatic carbocycles. The number of rotatable bonds is 3. The van der Waals surface area contributed by atoms with Gasteiger partial charge < -0.3 is 20.7 Å². The van der Waals surface area contributed by atoms with Crippen LogP contribution in [0, 0.1) is 11.7 Å². The molecule has 1 aromatic rings. The predicted octanol–water partition coefficient (Wildman–Crippen LogP) is -0.881. The summed E-state index contributed by atoms with van der Waals surface area (Å²) >= 11 is 0. The van der Waals surface area contributed by atoms with Gasteiger partial charge in [0.25, 0.3) is 0 Å². The first-order valence-corrected chi connectivity index (χ1v) is 6.52. The Hall–Kier alpha value is -1.58. The molecule has 2 heterocycles. The summed E-state index contributed by atoms with van der Waals surface area (Å²) in [7, 11) is 0. The Kier molecular flexibility index (Phi) is 3.05. The normalized spacial score (nSPS) is 36.1. The van der Waals surface area contributed by atoms with Gasteiger partial charge in [-0.2, -0.15) is 4.98 Å². The summed E-state index contributed by atoms with van der Waals surface area (Å²) in [6.45, 7) is -1.28. The molecule has 1 aliphatic heterocycles. The molecular weight excluding hydrogens is 288 g/mol. The van der Waals surface area contributed by atoms with Crippen LogP contribution in [0.3, 0.4) is 0 Å². The Balaban J connectivity index is 2.06. The van der Waals surface area contributed by atoms with Crippen LogP contribution in [0.4, 0.5) is 14.6 Å². The van der Waals surface area contributed by atoms with Crippen LogP contribution in [0.2, 0.25) is 0 Å². The molecule has 3 rings (SSSR count). The molecule has 1 saturated carbocycles. The molecule has 0 amide bonds. The molecule has 1 aromatic heterocycles. The Morgan fingerprint density at radius 3 is 2.81 bits per heavy atom. The van der Waals surface area contributed by atoms with E-state index in [2.05, 4.69) is 4.98 Å². The van der Waals surface area contributed by atoms with E-state index in [0.717, 1.165) is 0 Å². The van der Waals surface area contributed by atoms with E-state index in [4.69, 9.17) is 10.5 Å². The number of nitrogen functional groups attached to an aromatic ring is 1. The third-order valence-electron chi connectivity index (χ3n) is 4.25. The maximum absolute atomic E-state index is 15.1. The van der Waals surface area contributed by atoms with Crippen LogP contribution in [0.15, 0.2) is 11.0 Å². The smallest absolute Gasteiger partial charge is 0.352 e. The van der Waals surface area contributed by atoms with E-state index in [-0.39, 0.29) is 5.92 Å². The molecule has 21 heavy (non-hydrogen) atoms. The molecule has 116 valence electrons. The monoisotopic (exact) mass is 303 g/mol. The van der Waals surface area contributed by atoms with Gasteiger partial charge in [-0.1, -0.05) is 0 Å². The second kappa shape index (κ2) is 4.46. The fourth-order valence-electron chi connectivity index (χ4n) is 2.85. The van der Waals surface area contributed by atoms with E-state index in [9.17, 15) is 19.4 Å². The van der Waals surface area contributed by atoms with Crippen LogP contribution in [0.25, 0.3) is 0 Å². The summed E-state index contributed by atoms with van der Waals surface area (Å²) in [4.78, 5) is 14.9. The van der Waals surface area contributed by atoms with E-state index in [1.54, 1.807) is 0 Å². The van der Waals surface area contributed by atoms with Crippen molar-refractivity contribution in [3.05, 3.63) is 22.5 Å². The average molecular weight is 303 g/mol. The second-order valence-corrected chi connectivity index (χ2v) is 5.52. The third kappa shape index (κ3) is 1.88. The van der Waals surface area contributed by atoms with Gasteiger partial charge in [0.05, 0.1) is 12.8 Å². The van der Waals surface area contributed by atoms with Crippen molar-refractivity contribution in [2.45, 2.75) is 30.3 Å². The Labute approximate surface area is 118 Å². The van der Waals surface area contributed by atoms with Gasteiger partial charge in [-0.25, -0.2) is 13.6 Å². The minimum atomic E-state index is -2.70. The first-order valence-electron chi connectivity index (χ1n) is 6.52. The fourth-order valence-corrected chi connectivity index (χ4v) is 2.85. The van der Waals surface area contributed by atoms with Crippen molar-refractivity contribution < 1.29 is 23.7 Å². The van der Waals surface area contributed by atoms with E-state index >= 15 is 4.39 Å². The highest BCUT2D eigenvalue weighted by Gasteiger charge is 2.65. The highest BCUT2D eigenvalue weighted by molar-refractivity contribution is 5.27. The predicted molar refractivity (Wildman–Crippen MR) is 66.4 cm³/mol. The lowest BCUT2D eigenvalue weighted by atomic mass is 9.89. The quantitative estimate of drug-likeness (QED) is 0.669. The highest BCUT2D eigenvalue weighted by Crippen LogP contribution is 2.51. The van der Waals surface area contributed by atoms with Gasteiger partial charge in [0.1, 0.15) is 18.3 Å². The number of nitrogens with zero attached hydrogens (tertiary/aromatic N) is 2. The van der Waals surface area contributed by atoms with Gasteiger partial charge in [0.2, 0.25) is 5.79 Å². The zero-order chi connectivity index (χ0) is 15.4. The molecule has 4 N–H and O–H groups in total. The van der Waals surface area contributed by atoms with Crippen LogP contribution in [-0.4, -0.2) is 44.7 Å². The van der Waals surface area contributed by atoms with Gasteiger partial charge in [0, 0.05) is 0 Å². The molecule has 1 aliphatic carbocycles. The van der Waals surface area contributed by atoms with Crippen molar-refractivity contribution >= 4 is 5.82 Å².